The maximum Gasteiger partial charge on any atom is 1.00 e. The van der Waals surface area contributed by atoms with Crippen LogP contribution in [-0.2, 0) is 23.1 Å². The molecule has 40 heavy (non-hydrogen) atoms. The number of imidazole rings is 1. The van der Waals surface area contributed by atoms with Gasteiger partial charge in [0.1, 0.15) is 12.5 Å². The predicted molar refractivity (Wildman–Crippen MR) is 128 cm³/mol. The largest absolute Gasteiger partial charge is 1.00 e. The number of nitrogens with one attached hydrogen (secondary N) is 2. The van der Waals surface area contributed by atoms with Gasteiger partial charge in [0.15, 0.2) is 11.2 Å². The van der Waals surface area contributed by atoms with E-state index in [9.17, 15) is 23.8 Å². The average Bonchev–Trinajstić information content (AvgIpc) is 3.63. The monoisotopic (exact) mass is 587 g/mol. The predicted octanol–water partition coefficient (Wildman–Crippen LogP) is -2.87. The fourth-order valence-electron chi connectivity index (χ4n) is 4.49. The summed E-state index contributed by atoms with van der Waals surface area (Å²) in [5, 5.41) is 3.62. The fourth-order valence-corrected chi connectivity index (χ4v) is 5.24. The summed E-state index contributed by atoms with van der Waals surface area (Å²) >= 11 is 0. The van der Waals surface area contributed by atoms with Crippen LogP contribution < -0.4 is 51.3 Å². The number of azide groups is 1. The Morgan fingerprint density at radius 1 is 1.18 bits per heavy atom. The van der Waals surface area contributed by atoms with Gasteiger partial charge < -0.3 is 28.4 Å². The Kier molecular flexibility index (Phi) is 9.47. The second kappa shape index (κ2) is 12.5. The zero-order valence-electron chi connectivity index (χ0n) is 21.4. The number of rotatable bonds is 9. The summed E-state index contributed by atoms with van der Waals surface area (Å²) in [7, 11) is -4.82. The zero-order valence-corrected chi connectivity index (χ0v) is 24.3. The van der Waals surface area contributed by atoms with E-state index in [1.54, 1.807) is 4.57 Å². The molecule has 5 rings (SSSR count). The van der Waals surface area contributed by atoms with Gasteiger partial charge in [-0.1, -0.05) is 5.11 Å². The van der Waals surface area contributed by atoms with Gasteiger partial charge in [0.05, 0.1) is 44.1 Å². The van der Waals surface area contributed by atoms with Crippen LogP contribution in [0.4, 0.5) is 0 Å². The molecule has 0 bridgehead atoms. The van der Waals surface area contributed by atoms with E-state index in [0.29, 0.717) is 18.5 Å². The number of nitrogens with zero attached hydrogens (tertiary/aromatic N) is 7. The summed E-state index contributed by atoms with van der Waals surface area (Å²) in [4.78, 5) is 63.6. The van der Waals surface area contributed by atoms with Gasteiger partial charge in [0.25, 0.3) is 18.9 Å². The molecule has 208 valence electrons. The van der Waals surface area contributed by atoms with Crippen molar-refractivity contribution in [3.8, 4) is 0 Å². The number of phosphoric ester groups is 1. The first-order valence-electron chi connectivity index (χ1n) is 11.8. The van der Waals surface area contributed by atoms with Gasteiger partial charge in [-0.05, 0) is 25.3 Å². The van der Waals surface area contributed by atoms with E-state index in [1.165, 1.54) is 25.8 Å². The molecule has 20 heteroatoms. The van der Waals surface area contributed by atoms with Crippen LogP contribution in [0.25, 0.3) is 21.6 Å². The van der Waals surface area contributed by atoms with Crippen molar-refractivity contribution in [2.24, 2.45) is 5.11 Å². The van der Waals surface area contributed by atoms with E-state index in [-0.39, 0.29) is 59.2 Å². The van der Waals surface area contributed by atoms with Crippen molar-refractivity contribution >= 4 is 19.0 Å². The molecule has 0 aromatic carbocycles. The van der Waals surface area contributed by atoms with Gasteiger partial charge in [0.2, 0.25) is 0 Å². The molecule has 0 radical (unpaired) electrons. The van der Waals surface area contributed by atoms with E-state index in [1.807, 2.05) is 0 Å². The molecular formula is C20H23N9NaO9P. The number of hydrogen-bond donors (Lipinski definition) is 2. The van der Waals surface area contributed by atoms with Gasteiger partial charge in [-0.25, -0.2) is 14.8 Å². The summed E-state index contributed by atoms with van der Waals surface area (Å²) < 4.78 is 36.7. The normalized spacial score (nSPS) is 25.8. The molecule has 3 aromatic heterocycles. The number of fused-ring (bicyclic) bond motifs is 1. The van der Waals surface area contributed by atoms with Crippen LogP contribution >= 0.6 is 7.82 Å². The minimum Gasteiger partial charge on any atom is -0.756 e. The van der Waals surface area contributed by atoms with Gasteiger partial charge in [-0.3, -0.25) is 28.3 Å². The number of hydrogen-bond acceptors (Lipinski definition) is 12. The fraction of sp³-hybridized carbons (Fsp3) is 0.550. The summed E-state index contributed by atoms with van der Waals surface area (Å²) in [6, 6.07) is -0.844. The molecule has 0 amide bonds. The number of aryl methyl sites for hydroxylation is 1. The molecule has 2 aliphatic heterocycles. The molecular weight excluding hydrogens is 564 g/mol. The molecule has 2 fully saturated rings. The first kappa shape index (κ1) is 30.3. The minimum absolute atomic E-state index is 0. The molecule has 0 aliphatic carbocycles. The third-order valence-corrected chi connectivity index (χ3v) is 7.37. The molecule has 2 N–H and O–H groups in total. The van der Waals surface area contributed by atoms with Crippen LogP contribution in [0.3, 0.4) is 0 Å². The maximum atomic E-state index is 12.4. The van der Waals surface area contributed by atoms with Crippen LogP contribution in [0, 0.1) is 6.92 Å². The number of phosphoric acid groups is 1. The second-order valence-electron chi connectivity index (χ2n) is 9.00. The molecule has 6 atom stereocenters. The van der Waals surface area contributed by atoms with E-state index < -0.39 is 56.4 Å². The number of H-pyrrole nitrogens is 2. The SMILES string of the molecule is Cc1cn([C@H]2CC(N=[N+]=[N-])[C@@H](COP(=O)([O-])OC[C@@H]3CC[C@H](n4cnc5c(=O)[nH]cnc54)O3)O2)c(=O)[nH]c1=O.[Na+]. The molecule has 5 heterocycles. The molecule has 2 aliphatic rings. The Bertz CT molecular complexity index is 1650. The molecule has 2 saturated heterocycles. The molecule has 2 unspecified atom stereocenters. The van der Waals surface area contributed by atoms with Crippen LogP contribution in [0.1, 0.15) is 37.3 Å². The van der Waals surface area contributed by atoms with Crippen LogP contribution in [0.15, 0.2) is 38.3 Å². The van der Waals surface area contributed by atoms with E-state index >= 15 is 0 Å². The summed E-state index contributed by atoms with van der Waals surface area (Å²) in [6.07, 6.45) is 1.99. The quantitative estimate of drug-likeness (QED) is 0.0847. The van der Waals surface area contributed by atoms with Crippen molar-refractivity contribution in [1.82, 2.24) is 29.1 Å². The topological polar surface area (TPSA) is 244 Å². The number of aromatic nitrogens is 6. The van der Waals surface area contributed by atoms with Gasteiger partial charge in [-0.15, -0.1) is 0 Å². The van der Waals surface area contributed by atoms with Gasteiger partial charge in [0, 0.05) is 23.1 Å². The standard InChI is InChI=1S/C20H24N9O9P.Na/c1-10-5-28(20(32)25-18(10)30)15-4-12(26-27-21)13(38-15)7-36-39(33,34)35-6-11-2-3-14(37-11)29-9-24-16-17(29)22-8-23-19(16)31;/h5,8-9,11-15H,2-4,6-7H2,1H3,(H,33,34)(H,22,23,31)(H,25,30,32);/q;+1/p-1/t11-,12?,13+,14+,15+;/m0./s1. The molecule has 18 nitrogen and oxygen atoms in total. The van der Waals surface area contributed by atoms with Crippen molar-refractivity contribution in [2.75, 3.05) is 13.2 Å². The van der Waals surface area contributed by atoms with Gasteiger partial charge >= 0.3 is 35.2 Å². The van der Waals surface area contributed by atoms with Crippen molar-refractivity contribution in [3.05, 3.63) is 66.0 Å². The number of ether oxygens (including phenoxy) is 2. The molecule has 3 aromatic rings. The zero-order chi connectivity index (χ0) is 27.7. The third-order valence-electron chi connectivity index (χ3n) is 6.44. The second-order valence-corrected chi connectivity index (χ2v) is 10.4. The van der Waals surface area contributed by atoms with Crippen molar-refractivity contribution < 1.29 is 57.5 Å². The molecule has 0 saturated carbocycles. The minimum atomic E-state index is -4.82. The Balaban J connectivity index is 0.00000370. The Morgan fingerprint density at radius 3 is 2.73 bits per heavy atom. The number of aromatic amines is 2. The Morgan fingerprint density at radius 2 is 1.95 bits per heavy atom. The maximum absolute atomic E-state index is 12.4. The van der Waals surface area contributed by atoms with Crippen LogP contribution in [0.2, 0.25) is 0 Å². The van der Waals surface area contributed by atoms with Gasteiger partial charge in [-0.2, -0.15) is 0 Å². The van der Waals surface area contributed by atoms with Crippen molar-refractivity contribution in [2.45, 2.75) is 56.9 Å². The van der Waals surface area contributed by atoms with E-state index in [0.717, 1.165) is 4.57 Å². The average molecular weight is 587 g/mol. The Labute approximate surface area is 246 Å². The van der Waals surface area contributed by atoms with Crippen molar-refractivity contribution in [3.63, 3.8) is 0 Å². The Hall–Kier alpha value is -2.63. The summed E-state index contributed by atoms with van der Waals surface area (Å²) in [5.74, 6) is 0. The summed E-state index contributed by atoms with van der Waals surface area (Å²) in [6.45, 7) is 0.650. The molecule has 0 spiro atoms. The van der Waals surface area contributed by atoms with E-state index in [4.69, 9.17) is 24.1 Å². The van der Waals surface area contributed by atoms with Crippen molar-refractivity contribution in [1.29, 1.82) is 0 Å². The summed E-state index contributed by atoms with van der Waals surface area (Å²) in [5.41, 5.74) is 8.00. The third kappa shape index (κ3) is 6.47. The first-order chi connectivity index (χ1) is 18.6. The smallest absolute Gasteiger partial charge is 0.756 e. The van der Waals surface area contributed by atoms with Crippen LogP contribution in [-0.4, -0.2) is 60.5 Å². The van der Waals surface area contributed by atoms with Crippen LogP contribution in [0.5, 0.6) is 0 Å². The first-order valence-corrected chi connectivity index (χ1v) is 13.3. The van der Waals surface area contributed by atoms with E-state index in [2.05, 4.69) is 30.0 Å².